The van der Waals surface area contributed by atoms with E-state index in [2.05, 4.69) is 26.0 Å². The number of halogens is 4. The van der Waals surface area contributed by atoms with Crippen molar-refractivity contribution in [3.05, 3.63) is 58.8 Å². The van der Waals surface area contributed by atoms with Gasteiger partial charge < -0.3 is 0 Å². The Balaban J connectivity index is 2.18. The van der Waals surface area contributed by atoms with Crippen LogP contribution in [0.3, 0.4) is 0 Å². The molecule has 3 rings (SSSR count). The van der Waals surface area contributed by atoms with Gasteiger partial charge in [0.05, 0.1) is 10.6 Å². The van der Waals surface area contributed by atoms with Crippen LogP contribution in [0.1, 0.15) is 5.82 Å². The van der Waals surface area contributed by atoms with Gasteiger partial charge in [0.1, 0.15) is 0 Å². The van der Waals surface area contributed by atoms with Crippen molar-refractivity contribution in [2.75, 3.05) is 6.26 Å². The van der Waals surface area contributed by atoms with Crippen molar-refractivity contribution in [1.82, 2.24) is 14.8 Å². The summed E-state index contributed by atoms with van der Waals surface area (Å²) in [6.45, 7) is 0. The van der Waals surface area contributed by atoms with Gasteiger partial charge >= 0.3 is 6.18 Å². The van der Waals surface area contributed by atoms with Crippen molar-refractivity contribution in [2.24, 2.45) is 0 Å². The summed E-state index contributed by atoms with van der Waals surface area (Å²) in [7, 11) is -3.42. The van der Waals surface area contributed by atoms with E-state index < -0.39 is 21.8 Å². The lowest BCUT2D eigenvalue weighted by molar-refractivity contribution is -0.144. The van der Waals surface area contributed by atoms with E-state index in [4.69, 9.17) is 0 Å². The van der Waals surface area contributed by atoms with Crippen LogP contribution in [0, 0.1) is 0 Å². The van der Waals surface area contributed by atoms with Gasteiger partial charge in [-0.15, -0.1) is 5.10 Å². The van der Waals surface area contributed by atoms with E-state index in [0.717, 1.165) is 10.9 Å². The van der Waals surface area contributed by atoms with Gasteiger partial charge in [-0.1, -0.05) is 28.1 Å². The normalized spacial score (nSPS) is 12.3. The van der Waals surface area contributed by atoms with Crippen LogP contribution in [-0.2, 0) is 16.0 Å². The molecule has 2 aromatic carbocycles. The Morgan fingerprint density at radius 3 is 2.27 bits per heavy atom. The zero-order chi connectivity index (χ0) is 19.1. The molecule has 5 nitrogen and oxygen atoms in total. The van der Waals surface area contributed by atoms with Gasteiger partial charge in [0.15, 0.2) is 15.7 Å². The lowest BCUT2D eigenvalue weighted by atomic mass is 10.2. The van der Waals surface area contributed by atoms with Crippen LogP contribution in [0.15, 0.2) is 57.9 Å². The molecule has 0 amide bonds. The van der Waals surface area contributed by atoms with Gasteiger partial charge in [-0.25, -0.2) is 18.1 Å². The predicted molar refractivity (Wildman–Crippen MR) is 92.6 cm³/mol. The first kappa shape index (κ1) is 18.6. The molecule has 10 heteroatoms. The zero-order valence-electron chi connectivity index (χ0n) is 13.2. The Morgan fingerprint density at radius 1 is 1.08 bits per heavy atom. The van der Waals surface area contributed by atoms with Gasteiger partial charge in [-0.3, -0.25) is 0 Å². The van der Waals surface area contributed by atoms with Crippen molar-refractivity contribution in [2.45, 2.75) is 11.1 Å². The molecule has 0 fully saturated rings. The Labute approximate surface area is 155 Å². The second-order valence-corrected chi connectivity index (χ2v) is 8.38. The zero-order valence-corrected chi connectivity index (χ0v) is 15.6. The number of alkyl halides is 3. The lowest BCUT2D eigenvalue weighted by Crippen LogP contribution is -2.08. The van der Waals surface area contributed by atoms with Gasteiger partial charge in [-0.2, -0.15) is 13.2 Å². The van der Waals surface area contributed by atoms with Crippen LogP contribution < -0.4 is 0 Å². The average molecular weight is 446 g/mol. The van der Waals surface area contributed by atoms with Gasteiger partial charge in [0, 0.05) is 16.3 Å². The van der Waals surface area contributed by atoms with Crippen molar-refractivity contribution in [1.29, 1.82) is 0 Å². The SMILES string of the molecule is CS(=O)(=O)c1ccc(-n2nc(C(F)(F)F)nc2-c2cccc(Br)c2)cc1. The fraction of sp³-hybridized carbons (Fsp3) is 0.125. The molecule has 0 radical (unpaired) electrons. The molecule has 0 N–H and O–H groups in total. The van der Waals surface area contributed by atoms with E-state index >= 15 is 0 Å². The first-order valence-corrected chi connectivity index (χ1v) is 9.85. The van der Waals surface area contributed by atoms with Crippen LogP contribution in [0.2, 0.25) is 0 Å². The number of hydrogen-bond donors (Lipinski definition) is 0. The molecule has 26 heavy (non-hydrogen) atoms. The summed E-state index contributed by atoms with van der Waals surface area (Å²) in [4.78, 5) is 3.69. The predicted octanol–water partition coefficient (Wildman–Crippen LogP) is 4.12. The van der Waals surface area contributed by atoms with E-state index in [1.165, 1.54) is 24.3 Å². The third-order valence-corrected chi connectivity index (χ3v) is 5.07. The molecule has 0 saturated heterocycles. The van der Waals surface area contributed by atoms with E-state index in [1.54, 1.807) is 24.3 Å². The molecule has 0 aliphatic rings. The molecule has 0 saturated carbocycles. The van der Waals surface area contributed by atoms with Crippen molar-refractivity contribution < 1.29 is 21.6 Å². The molecule has 0 bridgehead atoms. The van der Waals surface area contributed by atoms with Crippen LogP contribution in [0.25, 0.3) is 17.1 Å². The first-order chi connectivity index (χ1) is 12.1. The molecule has 1 heterocycles. The molecule has 136 valence electrons. The highest BCUT2D eigenvalue weighted by atomic mass is 79.9. The summed E-state index contributed by atoms with van der Waals surface area (Å²) in [5, 5.41) is 3.57. The minimum absolute atomic E-state index is 0.00858. The largest absolute Gasteiger partial charge is 0.453 e. The summed E-state index contributed by atoms with van der Waals surface area (Å²) in [6.07, 6.45) is -3.66. The van der Waals surface area contributed by atoms with E-state index in [0.29, 0.717) is 10.0 Å². The highest BCUT2D eigenvalue weighted by Crippen LogP contribution is 2.31. The third-order valence-electron chi connectivity index (χ3n) is 3.45. The monoisotopic (exact) mass is 445 g/mol. The number of rotatable bonds is 3. The topological polar surface area (TPSA) is 64.8 Å². The summed E-state index contributed by atoms with van der Waals surface area (Å²) < 4.78 is 64.1. The summed E-state index contributed by atoms with van der Waals surface area (Å²) in [5.41, 5.74) is 0.685. The fourth-order valence-electron chi connectivity index (χ4n) is 2.26. The highest BCUT2D eigenvalue weighted by Gasteiger charge is 2.37. The Bertz CT molecular complexity index is 1060. The molecule has 0 aliphatic heterocycles. The van der Waals surface area contributed by atoms with Crippen LogP contribution in [0.4, 0.5) is 13.2 Å². The van der Waals surface area contributed by atoms with Crippen molar-refractivity contribution in [3.63, 3.8) is 0 Å². The van der Waals surface area contributed by atoms with E-state index in [1.807, 2.05) is 0 Å². The molecule has 3 aromatic rings. The molecular formula is C16H11BrF3N3O2S. The number of hydrogen-bond acceptors (Lipinski definition) is 4. The first-order valence-electron chi connectivity index (χ1n) is 7.16. The smallest absolute Gasteiger partial charge is 0.224 e. The maximum Gasteiger partial charge on any atom is 0.453 e. The average Bonchev–Trinajstić information content (AvgIpc) is 3.00. The molecular weight excluding hydrogens is 435 g/mol. The minimum Gasteiger partial charge on any atom is -0.224 e. The van der Waals surface area contributed by atoms with Gasteiger partial charge in [0.25, 0.3) is 5.82 Å². The number of aromatic nitrogens is 3. The molecule has 1 aromatic heterocycles. The Hall–Kier alpha value is -2.20. The summed E-state index contributed by atoms with van der Waals surface area (Å²) >= 11 is 3.27. The number of sulfone groups is 1. The van der Waals surface area contributed by atoms with Crippen LogP contribution in [0.5, 0.6) is 0 Å². The van der Waals surface area contributed by atoms with Gasteiger partial charge in [0.2, 0.25) is 0 Å². The van der Waals surface area contributed by atoms with Gasteiger partial charge in [-0.05, 0) is 36.4 Å². The molecule has 0 unspecified atom stereocenters. The highest BCUT2D eigenvalue weighted by molar-refractivity contribution is 9.10. The van der Waals surface area contributed by atoms with Crippen LogP contribution >= 0.6 is 15.9 Å². The van der Waals surface area contributed by atoms with Crippen molar-refractivity contribution in [3.8, 4) is 17.1 Å². The Morgan fingerprint density at radius 2 is 1.73 bits per heavy atom. The maximum absolute atomic E-state index is 13.1. The van der Waals surface area contributed by atoms with E-state index in [-0.39, 0.29) is 16.4 Å². The van der Waals surface area contributed by atoms with Crippen molar-refractivity contribution >= 4 is 25.8 Å². The van der Waals surface area contributed by atoms with Crippen LogP contribution in [-0.4, -0.2) is 29.4 Å². The molecule has 0 atom stereocenters. The summed E-state index contributed by atoms with van der Waals surface area (Å²) in [5.74, 6) is -1.29. The third kappa shape index (κ3) is 3.80. The standard InChI is InChI=1S/C16H11BrF3N3O2S/c1-26(24,25)13-7-5-12(6-8-13)23-14(10-3-2-4-11(17)9-10)21-15(22-23)16(18,19)20/h2-9H,1H3. The van der Waals surface area contributed by atoms with E-state index in [9.17, 15) is 21.6 Å². The minimum atomic E-state index is -4.71. The second kappa shape index (κ2) is 6.51. The Kier molecular flexibility index (Phi) is 4.65. The lowest BCUT2D eigenvalue weighted by Gasteiger charge is -2.07. The second-order valence-electron chi connectivity index (χ2n) is 5.44. The maximum atomic E-state index is 13.1. The molecule has 0 aliphatic carbocycles. The fourth-order valence-corrected chi connectivity index (χ4v) is 3.29. The number of benzene rings is 2. The quantitative estimate of drug-likeness (QED) is 0.608. The molecule has 0 spiro atoms. The number of nitrogens with zero attached hydrogens (tertiary/aromatic N) is 3. The summed E-state index contributed by atoms with van der Waals surface area (Å²) in [6, 6.07) is 12.0.